The molecule has 0 radical (unpaired) electrons. The monoisotopic (exact) mass is 809 g/mol. The van der Waals surface area contributed by atoms with Crippen molar-refractivity contribution < 1.29 is 42.9 Å². The Morgan fingerprint density at radius 2 is 0.864 bits per heavy atom. The largest absolute Gasteiger partial charge is 0.497 e. The maximum atomic E-state index is 15.2. The first-order valence-electron chi connectivity index (χ1n) is 19.9. The van der Waals surface area contributed by atoms with E-state index >= 15 is 9.59 Å². The third kappa shape index (κ3) is 10.7. The number of amides is 4. The van der Waals surface area contributed by atoms with Gasteiger partial charge in [0, 0.05) is 58.0 Å². The van der Waals surface area contributed by atoms with E-state index < -0.39 is 35.2 Å². The molecule has 3 heterocycles. The van der Waals surface area contributed by atoms with Crippen molar-refractivity contribution in [2.45, 2.75) is 66.0 Å². The Labute approximate surface area is 346 Å². The number of aromatic nitrogens is 1. The summed E-state index contributed by atoms with van der Waals surface area (Å²) in [5, 5.41) is 0. The number of nitrogens with zero attached hydrogens (tertiary/aromatic N) is 5. The van der Waals surface area contributed by atoms with Crippen molar-refractivity contribution in [3.63, 3.8) is 0 Å². The number of hydrogen-bond acceptors (Lipinski definition) is 9. The molecule has 2 saturated heterocycles. The minimum Gasteiger partial charge on any atom is -0.497 e. The van der Waals surface area contributed by atoms with Crippen molar-refractivity contribution in [1.29, 1.82) is 0 Å². The van der Waals surface area contributed by atoms with E-state index in [4.69, 9.17) is 23.7 Å². The summed E-state index contributed by atoms with van der Waals surface area (Å²) < 4.78 is 31.6. The average molecular weight is 810 g/mol. The molecule has 14 heteroatoms. The second-order valence-electron chi connectivity index (χ2n) is 16.5. The maximum Gasteiger partial charge on any atom is 0.410 e. The lowest BCUT2D eigenvalue weighted by Gasteiger charge is -2.36. The molecule has 4 amide bonds. The summed E-state index contributed by atoms with van der Waals surface area (Å²) in [6.45, 7) is 12.8. The zero-order valence-corrected chi connectivity index (χ0v) is 35.1. The normalized spacial score (nSPS) is 14.8. The Kier molecular flexibility index (Phi) is 13.1. The molecule has 0 N–H and O–H groups in total. The van der Waals surface area contributed by atoms with Gasteiger partial charge in [0.25, 0.3) is 11.8 Å². The third-order valence-electron chi connectivity index (χ3n) is 9.71. The zero-order valence-electron chi connectivity index (χ0n) is 35.1. The summed E-state index contributed by atoms with van der Waals surface area (Å²) in [6.07, 6.45) is -0.899. The van der Waals surface area contributed by atoms with Gasteiger partial charge in [0.2, 0.25) is 0 Å². The van der Waals surface area contributed by atoms with Gasteiger partial charge in [-0.1, -0.05) is 60.7 Å². The van der Waals surface area contributed by atoms with Gasteiger partial charge in [0.05, 0.1) is 7.11 Å². The fraction of sp³-hybridized carbons (Fsp3) is 0.422. The summed E-state index contributed by atoms with van der Waals surface area (Å²) in [7, 11) is 1.56. The van der Waals surface area contributed by atoms with Crippen LogP contribution in [-0.4, -0.2) is 119 Å². The molecular formula is C45H55N5O9. The molecule has 2 aliphatic rings. The summed E-state index contributed by atoms with van der Waals surface area (Å²) >= 11 is 0. The van der Waals surface area contributed by atoms with Gasteiger partial charge in [-0.05, 0) is 76.9 Å². The molecule has 0 saturated carbocycles. The maximum absolute atomic E-state index is 15.2. The number of piperazine rings is 2. The molecule has 0 bridgehead atoms. The van der Waals surface area contributed by atoms with Crippen LogP contribution in [0.1, 0.15) is 73.6 Å². The van der Waals surface area contributed by atoms with Crippen LogP contribution in [0.4, 0.5) is 9.59 Å². The molecule has 2 aliphatic heterocycles. The predicted octanol–water partition coefficient (Wildman–Crippen LogP) is 7.03. The number of benzene rings is 3. The Morgan fingerprint density at radius 1 is 0.508 bits per heavy atom. The second kappa shape index (κ2) is 18.2. The van der Waals surface area contributed by atoms with Gasteiger partial charge in [0.1, 0.15) is 30.2 Å². The van der Waals surface area contributed by atoms with Gasteiger partial charge in [-0.25, -0.2) is 9.59 Å². The average Bonchev–Trinajstić information content (AvgIpc) is 3.54. The van der Waals surface area contributed by atoms with E-state index in [1.54, 1.807) is 55.5 Å². The first kappa shape index (κ1) is 42.4. The summed E-state index contributed by atoms with van der Waals surface area (Å²) in [6, 6.07) is 26.1. The van der Waals surface area contributed by atoms with Gasteiger partial charge < -0.3 is 43.3 Å². The van der Waals surface area contributed by atoms with Crippen LogP contribution in [0.2, 0.25) is 0 Å². The molecule has 0 atom stereocenters. The Hall–Kier alpha value is -6.18. The standard InChI is InChI=1S/C45H55N5O9/c1-44(2,3)58-42(53)48-26-22-46(23-27-48)40(51)36-38(56-30-32-14-10-8-11-15-32)39(57-31-33-16-12-9-13-17-33)37(50(36)34-18-20-35(55-7)21-19-34)41(52)47-24-28-49(29-25-47)43(54)59-45(4,5)6/h8-21H,22-31H2,1-7H3. The number of ether oxygens (including phenoxy) is 5. The lowest BCUT2D eigenvalue weighted by atomic mass is 10.2. The number of rotatable bonds is 10. The Balaban J connectivity index is 1.46. The van der Waals surface area contributed by atoms with Gasteiger partial charge in [-0.15, -0.1) is 0 Å². The van der Waals surface area contributed by atoms with Gasteiger partial charge in [-0.3, -0.25) is 14.2 Å². The molecular weight excluding hydrogens is 755 g/mol. The highest BCUT2D eigenvalue weighted by Crippen LogP contribution is 2.43. The van der Waals surface area contributed by atoms with Crippen LogP contribution in [0, 0.1) is 0 Å². The van der Waals surface area contributed by atoms with Crippen molar-refractivity contribution in [3.05, 3.63) is 107 Å². The molecule has 2 fully saturated rings. The molecule has 314 valence electrons. The van der Waals surface area contributed by atoms with E-state index in [-0.39, 0.29) is 88.5 Å². The molecule has 0 aliphatic carbocycles. The third-order valence-corrected chi connectivity index (χ3v) is 9.71. The quantitative estimate of drug-likeness (QED) is 0.166. The number of methoxy groups -OCH3 is 1. The fourth-order valence-electron chi connectivity index (χ4n) is 6.77. The van der Waals surface area contributed by atoms with E-state index in [0.717, 1.165) is 11.1 Å². The topological polar surface area (TPSA) is 132 Å². The van der Waals surface area contributed by atoms with E-state index in [9.17, 15) is 9.59 Å². The summed E-state index contributed by atoms with van der Waals surface area (Å²) in [5.41, 5.74) is 1.02. The van der Waals surface area contributed by atoms with Crippen molar-refractivity contribution in [2.75, 3.05) is 59.5 Å². The highest BCUT2D eigenvalue weighted by atomic mass is 16.6. The first-order valence-corrected chi connectivity index (χ1v) is 19.9. The van der Waals surface area contributed by atoms with Crippen molar-refractivity contribution in [1.82, 2.24) is 24.2 Å². The minimum atomic E-state index is -0.671. The SMILES string of the molecule is COc1ccc(-n2c(C(=O)N3CCN(C(=O)OC(C)(C)C)CC3)c(OCc3ccccc3)c(OCc3ccccc3)c2C(=O)N2CCN(C(=O)OC(C)(C)C)CC2)cc1. The molecule has 0 unspecified atom stereocenters. The first-order chi connectivity index (χ1) is 28.1. The van der Waals surface area contributed by atoms with Crippen LogP contribution in [0.3, 0.4) is 0 Å². The number of carbonyl (C=O) groups is 4. The molecule has 6 rings (SSSR count). The van der Waals surface area contributed by atoms with Crippen LogP contribution in [0.25, 0.3) is 5.69 Å². The second-order valence-corrected chi connectivity index (χ2v) is 16.5. The lowest BCUT2D eigenvalue weighted by molar-refractivity contribution is 0.0136. The van der Waals surface area contributed by atoms with Crippen molar-refractivity contribution in [2.24, 2.45) is 0 Å². The Bertz CT molecular complexity index is 1950. The van der Waals surface area contributed by atoms with E-state index in [1.165, 1.54) is 0 Å². The fourth-order valence-corrected chi connectivity index (χ4v) is 6.77. The van der Waals surface area contributed by atoms with Gasteiger partial charge in [-0.2, -0.15) is 0 Å². The summed E-state index contributed by atoms with van der Waals surface area (Å²) in [5.74, 6) is -0.0247. The molecule has 59 heavy (non-hydrogen) atoms. The van der Waals surface area contributed by atoms with Gasteiger partial charge >= 0.3 is 12.2 Å². The van der Waals surface area contributed by atoms with E-state index in [0.29, 0.717) is 11.4 Å². The lowest BCUT2D eigenvalue weighted by Crippen LogP contribution is -2.52. The van der Waals surface area contributed by atoms with Crippen LogP contribution in [-0.2, 0) is 22.7 Å². The van der Waals surface area contributed by atoms with Crippen LogP contribution in [0.15, 0.2) is 84.9 Å². The number of carbonyl (C=O) groups excluding carboxylic acids is 4. The molecule has 3 aromatic carbocycles. The molecule has 14 nitrogen and oxygen atoms in total. The minimum absolute atomic E-state index is 0.0735. The Morgan fingerprint density at radius 3 is 1.20 bits per heavy atom. The smallest absolute Gasteiger partial charge is 0.410 e. The highest BCUT2D eigenvalue weighted by Gasteiger charge is 2.40. The van der Waals surface area contributed by atoms with Gasteiger partial charge in [0.15, 0.2) is 22.9 Å². The molecule has 4 aromatic rings. The predicted molar refractivity (Wildman–Crippen MR) is 221 cm³/mol. The molecule has 1 aromatic heterocycles. The van der Waals surface area contributed by atoms with Crippen molar-refractivity contribution in [3.8, 4) is 22.9 Å². The van der Waals surface area contributed by atoms with E-state index in [2.05, 4.69) is 0 Å². The molecule has 0 spiro atoms. The number of hydrogen-bond donors (Lipinski definition) is 0. The zero-order chi connectivity index (χ0) is 42.3. The van der Waals surface area contributed by atoms with Crippen LogP contribution < -0.4 is 14.2 Å². The van der Waals surface area contributed by atoms with E-state index in [1.807, 2.05) is 102 Å². The highest BCUT2D eigenvalue weighted by molar-refractivity contribution is 6.04. The van der Waals surface area contributed by atoms with Crippen LogP contribution >= 0.6 is 0 Å². The van der Waals surface area contributed by atoms with Crippen molar-refractivity contribution >= 4 is 24.0 Å². The van der Waals surface area contributed by atoms with Crippen LogP contribution in [0.5, 0.6) is 17.2 Å². The summed E-state index contributed by atoms with van der Waals surface area (Å²) in [4.78, 5) is 62.8.